The maximum atomic E-state index is 10.8. The Morgan fingerprint density at radius 1 is 1.77 bits per heavy atom. The Bertz CT molecular complexity index is 269. The second-order valence-corrected chi connectivity index (χ2v) is 2.94. The number of nitrogens with one attached hydrogen (secondary N) is 1. The van der Waals surface area contributed by atoms with Gasteiger partial charge in [0.1, 0.15) is 5.92 Å². The van der Waals surface area contributed by atoms with Crippen molar-refractivity contribution in [2.24, 2.45) is 10.9 Å². The van der Waals surface area contributed by atoms with Gasteiger partial charge in [0, 0.05) is 20.1 Å². The molecule has 13 heavy (non-hydrogen) atoms. The lowest BCUT2D eigenvalue weighted by Gasteiger charge is -2.24. The zero-order valence-corrected chi connectivity index (χ0v) is 7.87. The molecular weight excluding hydrogens is 168 g/mol. The normalized spacial score (nSPS) is 29.5. The summed E-state index contributed by atoms with van der Waals surface area (Å²) in [5.74, 6) is -1.31. The van der Waals surface area contributed by atoms with Crippen LogP contribution < -0.4 is 5.32 Å². The number of carboxylic acid groups (broad SMARTS) is 1. The molecule has 0 aromatic heterocycles. The van der Waals surface area contributed by atoms with E-state index in [0.717, 1.165) is 5.57 Å². The molecule has 72 valence electrons. The van der Waals surface area contributed by atoms with E-state index in [4.69, 9.17) is 5.11 Å². The second-order valence-electron chi connectivity index (χ2n) is 2.94. The predicted octanol–water partition coefficient (Wildman–Crippen LogP) is 0.308. The van der Waals surface area contributed by atoms with Crippen LogP contribution in [0.1, 0.15) is 6.92 Å². The van der Waals surface area contributed by atoms with Gasteiger partial charge < -0.3 is 10.4 Å². The zero-order chi connectivity index (χ0) is 9.84. The van der Waals surface area contributed by atoms with Crippen LogP contribution in [0, 0.1) is 5.92 Å². The molecular formula is C9H14N2O2. The second kappa shape index (κ2) is 4.18. The van der Waals surface area contributed by atoms with Gasteiger partial charge in [-0.1, -0.05) is 6.08 Å². The van der Waals surface area contributed by atoms with Gasteiger partial charge in [0.2, 0.25) is 0 Å². The smallest absolute Gasteiger partial charge is 0.313 e. The van der Waals surface area contributed by atoms with Gasteiger partial charge >= 0.3 is 5.97 Å². The fourth-order valence-electron chi connectivity index (χ4n) is 1.52. The van der Waals surface area contributed by atoms with Gasteiger partial charge in [-0.15, -0.1) is 0 Å². The van der Waals surface area contributed by atoms with Crippen LogP contribution in [0.5, 0.6) is 0 Å². The third kappa shape index (κ3) is 1.95. The Morgan fingerprint density at radius 2 is 2.46 bits per heavy atom. The fraction of sp³-hybridized carbons (Fsp3) is 0.556. The van der Waals surface area contributed by atoms with Crippen LogP contribution in [0.3, 0.4) is 0 Å². The van der Waals surface area contributed by atoms with Gasteiger partial charge in [-0.2, -0.15) is 0 Å². The molecule has 1 aliphatic heterocycles. The molecule has 0 saturated carbocycles. The van der Waals surface area contributed by atoms with E-state index in [1.54, 1.807) is 7.05 Å². The summed E-state index contributed by atoms with van der Waals surface area (Å²) in [7, 11) is 1.64. The molecule has 0 aromatic rings. The van der Waals surface area contributed by atoms with E-state index in [0.29, 0.717) is 18.8 Å². The topological polar surface area (TPSA) is 61.7 Å². The van der Waals surface area contributed by atoms with Crippen molar-refractivity contribution in [1.29, 1.82) is 0 Å². The molecule has 0 aromatic carbocycles. The maximum absolute atomic E-state index is 10.8. The quantitative estimate of drug-likeness (QED) is 0.613. The van der Waals surface area contributed by atoms with Gasteiger partial charge in [0.05, 0.1) is 5.71 Å². The Morgan fingerprint density at radius 3 is 2.92 bits per heavy atom. The average Bonchev–Trinajstić information content (AvgIpc) is 2.16. The Kier molecular flexibility index (Phi) is 3.19. The largest absolute Gasteiger partial charge is 0.481 e. The monoisotopic (exact) mass is 182 g/mol. The van der Waals surface area contributed by atoms with Gasteiger partial charge in [-0.05, 0) is 12.5 Å². The van der Waals surface area contributed by atoms with Crippen molar-refractivity contribution in [2.45, 2.75) is 6.92 Å². The van der Waals surface area contributed by atoms with Gasteiger partial charge in [0.15, 0.2) is 0 Å². The molecule has 0 radical (unpaired) electrons. The summed E-state index contributed by atoms with van der Waals surface area (Å²) in [4.78, 5) is 14.9. The molecule has 1 saturated heterocycles. The number of hydrogen-bond donors (Lipinski definition) is 2. The van der Waals surface area contributed by atoms with Crippen molar-refractivity contribution >= 4 is 11.7 Å². The van der Waals surface area contributed by atoms with Gasteiger partial charge in [-0.25, -0.2) is 0 Å². The number of hydrogen-bond acceptors (Lipinski definition) is 3. The van der Waals surface area contributed by atoms with E-state index in [1.807, 2.05) is 13.0 Å². The summed E-state index contributed by atoms with van der Waals surface area (Å²) in [5, 5.41) is 12.0. The molecule has 1 atom stereocenters. The van der Waals surface area contributed by atoms with E-state index in [2.05, 4.69) is 10.3 Å². The first kappa shape index (κ1) is 9.92. The van der Waals surface area contributed by atoms with Crippen molar-refractivity contribution in [3.05, 3.63) is 11.6 Å². The summed E-state index contributed by atoms with van der Waals surface area (Å²) < 4.78 is 0. The number of carboxylic acids is 1. The van der Waals surface area contributed by atoms with Crippen molar-refractivity contribution in [3.8, 4) is 0 Å². The van der Waals surface area contributed by atoms with Crippen molar-refractivity contribution in [3.63, 3.8) is 0 Å². The maximum Gasteiger partial charge on any atom is 0.313 e. The van der Waals surface area contributed by atoms with E-state index < -0.39 is 11.9 Å². The molecule has 0 aliphatic carbocycles. The third-order valence-electron chi connectivity index (χ3n) is 2.21. The molecule has 1 heterocycles. The Balaban J connectivity index is 2.93. The summed E-state index contributed by atoms with van der Waals surface area (Å²) in [5.41, 5.74) is 1.69. The van der Waals surface area contributed by atoms with Gasteiger partial charge in [0.25, 0.3) is 0 Å². The molecule has 0 amide bonds. The summed E-state index contributed by atoms with van der Waals surface area (Å²) >= 11 is 0. The number of aliphatic imine (C=N–C) groups is 1. The lowest BCUT2D eigenvalue weighted by Crippen LogP contribution is -2.43. The molecule has 0 spiro atoms. The molecule has 4 heteroatoms. The third-order valence-corrected chi connectivity index (χ3v) is 2.21. The van der Waals surface area contributed by atoms with Crippen LogP contribution in [0.15, 0.2) is 16.6 Å². The van der Waals surface area contributed by atoms with E-state index >= 15 is 0 Å². The molecule has 1 rings (SSSR count). The van der Waals surface area contributed by atoms with Crippen LogP contribution in [0.25, 0.3) is 0 Å². The molecule has 1 aliphatic rings. The lowest BCUT2D eigenvalue weighted by molar-refractivity contribution is -0.139. The van der Waals surface area contributed by atoms with Crippen molar-refractivity contribution < 1.29 is 9.90 Å². The molecule has 2 N–H and O–H groups in total. The highest BCUT2D eigenvalue weighted by Crippen LogP contribution is 2.13. The molecule has 4 nitrogen and oxygen atoms in total. The molecule has 1 fully saturated rings. The minimum absolute atomic E-state index is 0.472. The minimum atomic E-state index is -0.813. The van der Waals surface area contributed by atoms with Crippen molar-refractivity contribution in [1.82, 2.24) is 5.32 Å². The number of piperidine rings is 1. The highest BCUT2D eigenvalue weighted by molar-refractivity contribution is 6.12. The van der Waals surface area contributed by atoms with Crippen LogP contribution in [0.2, 0.25) is 0 Å². The Hall–Kier alpha value is -1.16. The molecule has 0 bridgehead atoms. The minimum Gasteiger partial charge on any atom is -0.481 e. The number of allylic oxidation sites excluding steroid dienone is 1. The Labute approximate surface area is 77.4 Å². The van der Waals surface area contributed by atoms with E-state index in [1.165, 1.54) is 0 Å². The van der Waals surface area contributed by atoms with Crippen LogP contribution >= 0.6 is 0 Å². The fourth-order valence-corrected chi connectivity index (χ4v) is 1.52. The lowest BCUT2D eigenvalue weighted by atomic mass is 9.92. The first-order valence-corrected chi connectivity index (χ1v) is 4.26. The number of carbonyl (C=O) groups is 1. The van der Waals surface area contributed by atoms with Crippen LogP contribution in [-0.4, -0.2) is 36.9 Å². The van der Waals surface area contributed by atoms with E-state index in [9.17, 15) is 4.79 Å². The van der Waals surface area contributed by atoms with E-state index in [-0.39, 0.29) is 0 Å². The predicted molar refractivity (Wildman–Crippen MR) is 51.1 cm³/mol. The van der Waals surface area contributed by atoms with Crippen molar-refractivity contribution in [2.75, 3.05) is 20.1 Å². The molecule has 1 unspecified atom stereocenters. The highest BCUT2D eigenvalue weighted by atomic mass is 16.4. The average molecular weight is 182 g/mol. The number of rotatable bonds is 1. The van der Waals surface area contributed by atoms with Gasteiger partial charge in [-0.3, -0.25) is 9.79 Å². The number of nitrogens with zero attached hydrogens (tertiary/aromatic N) is 1. The highest BCUT2D eigenvalue weighted by Gasteiger charge is 2.28. The zero-order valence-electron chi connectivity index (χ0n) is 7.87. The first-order valence-electron chi connectivity index (χ1n) is 4.26. The summed E-state index contributed by atoms with van der Waals surface area (Å²) in [6, 6.07) is 0. The van der Waals surface area contributed by atoms with Crippen LogP contribution in [-0.2, 0) is 4.79 Å². The van der Waals surface area contributed by atoms with Crippen LogP contribution in [0.4, 0.5) is 0 Å². The first-order chi connectivity index (χ1) is 6.20. The summed E-state index contributed by atoms with van der Waals surface area (Å²) in [6.07, 6.45) is 1.91. The SMILES string of the molecule is C/C=C1/CNCC(C(=O)O)C1=NC. The standard InChI is InChI=1S/C9H14N2O2/c1-3-6-4-11-5-7(9(12)13)8(6)10-2/h3,7,11H,4-5H2,1-2H3,(H,12,13)/b6-3-,10-8?. The number of aliphatic carboxylic acids is 1. The summed E-state index contributed by atoms with van der Waals surface area (Å²) in [6.45, 7) is 3.08.